The van der Waals surface area contributed by atoms with Crippen LogP contribution in [0.15, 0.2) is 73.3 Å². The summed E-state index contributed by atoms with van der Waals surface area (Å²) in [6, 6.07) is 17.7. The first-order valence-electron chi connectivity index (χ1n) is 8.29. The Hall–Kier alpha value is -2.08. The molecule has 22 heavy (non-hydrogen) atoms. The molecule has 0 aliphatic heterocycles. The van der Waals surface area contributed by atoms with E-state index in [-0.39, 0.29) is 5.41 Å². The average molecular weight is 288 g/mol. The fraction of sp³-hybridized carbons (Fsp3) is 0.273. The summed E-state index contributed by atoms with van der Waals surface area (Å²) >= 11 is 0. The smallest absolute Gasteiger partial charge is 0.0283 e. The Morgan fingerprint density at radius 1 is 0.864 bits per heavy atom. The number of fused-ring (bicyclic) bond motifs is 3. The molecule has 0 heteroatoms. The summed E-state index contributed by atoms with van der Waals surface area (Å²) in [5.41, 5.74) is 5.75. The summed E-state index contributed by atoms with van der Waals surface area (Å²) in [5, 5.41) is 0. The standard InChI is InChI=1S/C22H24/c1-3-5-6-11-17-22(16-4-2)20-14-9-7-12-18(20)19-13-8-10-15-21(19)22/h4,6-15H,2-3,5,16-17H2,1H3. The third kappa shape index (κ3) is 2.33. The average Bonchev–Trinajstić information content (AvgIpc) is 2.84. The molecule has 2 aromatic rings. The Kier molecular flexibility index (Phi) is 4.29. The maximum Gasteiger partial charge on any atom is 0.0283 e. The van der Waals surface area contributed by atoms with E-state index in [1.54, 1.807) is 0 Å². The van der Waals surface area contributed by atoms with E-state index < -0.39 is 0 Å². The first-order chi connectivity index (χ1) is 10.8. The number of hydrogen-bond acceptors (Lipinski definition) is 0. The van der Waals surface area contributed by atoms with Gasteiger partial charge in [0.05, 0.1) is 0 Å². The van der Waals surface area contributed by atoms with Gasteiger partial charge in [0, 0.05) is 5.41 Å². The molecule has 2 aromatic carbocycles. The predicted molar refractivity (Wildman–Crippen MR) is 96.1 cm³/mol. The van der Waals surface area contributed by atoms with Crippen molar-refractivity contribution in [3.05, 3.63) is 84.5 Å². The lowest BCUT2D eigenvalue weighted by Gasteiger charge is -2.30. The third-order valence-electron chi connectivity index (χ3n) is 4.76. The Morgan fingerprint density at radius 2 is 1.45 bits per heavy atom. The van der Waals surface area contributed by atoms with Crippen molar-refractivity contribution in [1.82, 2.24) is 0 Å². The minimum Gasteiger partial charge on any atom is -0.103 e. The molecule has 0 amide bonds. The molecule has 0 atom stereocenters. The lowest BCUT2D eigenvalue weighted by Crippen LogP contribution is -2.23. The van der Waals surface area contributed by atoms with Crippen molar-refractivity contribution in [2.45, 2.75) is 38.0 Å². The lowest BCUT2D eigenvalue weighted by molar-refractivity contribution is 0.542. The highest BCUT2D eigenvalue weighted by Gasteiger charge is 2.40. The molecule has 0 radical (unpaired) electrons. The molecule has 112 valence electrons. The van der Waals surface area contributed by atoms with Crippen LogP contribution >= 0.6 is 0 Å². The second kappa shape index (κ2) is 6.36. The molecule has 0 spiro atoms. The van der Waals surface area contributed by atoms with E-state index in [9.17, 15) is 0 Å². The molecular formula is C22H24. The monoisotopic (exact) mass is 288 g/mol. The van der Waals surface area contributed by atoms with Crippen molar-refractivity contribution in [2.75, 3.05) is 0 Å². The second-order valence-corrected chi connectivity index (χ2v) is 6.13. The molecule has 0 fully saturated rings. The Labute approximate surface area is 134 Å². The first kappa shape index (κ1) is 14.8. The summed E-state index contributed by atoms with van der Waals surface area (Å²) in [6.45, 7) is 6.26. The van der Waals surface area contributed by atoms with Crippen LogP contribution in [0.25, 0.3) is 11.1 Å². The Balaban J connectivity index is 2.13. The zero-order chi connectivity index (χ0) is 15.4. The van der Waals surface area contributed by atoms with Gasteiger partial charge in [-0.25, -0.2) is 0 Å². The van der Waals surface area contributed by atoms with Crippen LogP contribution in [0.3, 0.4) is 0 Å². The van der Waals surface area contributed by atoms with Crippen LogP contribution in [0, 0.1) is 0 Å². The minimum atomic E-state index is 0.0547. The zero-order valence-corrected chi connectivity index (χ0v) is 13.4. The van der Waals surface area contributed by atoms with Crippen molar-refractivity contribution in [2.24, 2.45) is 0 Å². The highest BCUT2D eigenvalue weighted by Crippen LogP contribution is 2.52. The van der Waals surface area contributed by atoms with E-state index in [1.165, 1.54) is 28.7 Å². The molecule has 0 unspecified atom stereocenters. The molecule has 0 bridgehead atoms. The molecule has 0 nitrogen and oxygen atoms in total. The number of hydrogen-bond donors (Lipinski definition) is 0. The third-order valence-corrected chi connectivity index (χ3v) is 4.76. The molecule has 0 aromatic heterocycles. The van der Waals surface area contributed by atoms with Gasteiger partial charge in [0.1, 0.15) is 0 Å². The van der Waals surface area contributed by atoms with Crippen molar-refractivity contribution in [1.29, 1.82) is 0 Å². The van der Waals surface area contributed by atoms with E-state index in [4.69, 9.17) is 0 Å². The van der Waals surface area contributed by atoms with Crippen molar-refractivity contribution in [3.63, 3.8) is 0 Å². The number of allylic oxidation sites excluding steroid dienone is 3. The fourth-order valence-corrected chi connectivity index (χ4v) is 3.75. The summed E-state index contributed by atoms with van der Waals surface area (Å²) in [6.07, 6.45) is 11.2. The summed E-state index contributed by atoms with van der Waals surface area (Å²) in [4.78, 5) is 0. The van der Waals surface area contributed by atoms with Gasteiger partial charge in [0.25, 0.3) is 0 Å². The van der Waals surface area contributed by atoms with Gasteiger partial charge in [-0.15, -0.1) is 6.58 Å². The van der Waals surface area contributed by atoms with E-state index in [0.717, 1.165) is 19.3 Å². The highest BCUT2D eigenvalue weighted by molar-refractivity contribution is 5.81. The molecule has 0 saturated heterocycles. The van der Waals surface area contributed by atoms with E-state index in [0.29, 0.717) is 0 Å². The molecule has 1 aliphatic rings. The Bertz CT molecular complexity index is 645. The van der Waals surface area contributed by atoms with Gasteiger partial charge in [-0.3, -0.25) is 0 Å². The van der Waals surface area contributed by atoms with E-state index >= 15 is 0 Å². The highest BCUT2D eigenvalue weighted by atomic mass is 14.4. The lowest BCUT2D eigenvalue weighted by atomic mass is 9.73. The molecule has 0 heterocycles. The Morgan fingerprint density at radius 3 is 2.00 bits per heavy atom. The first-order valence-corrected chi connectivity index (χ1v) is 8.29. The SMILES string of the molecule is C=CCC1(CC=CCCC)c2ccccc2-c2ccccc21. The van der Waals surface area contributed by atoms with Crippen molar-refractivity contribution in [3.8, 4) is 11.1 Å². The summed E-state index contributed by atoms with van der Waals surface area (Å²) in [5.74, 6) is 0. The quantitative estimate of drug-likeness (QED) is 0.549. The zero-order valence-electron chi connectivity index (χ0n) is 13.4. The van der Waals surface area contributed by atoms with Gasteiger partial charge in [-0.05, 0) is 41.5 Å². The van der Waals surface area contributed by atoms with Crippen LogP contribution < -0.4 is 0 Å². The minimum absolute atomic E-state index is 0.0547. The van der Waals surface area contributed by atoms with Crippen molar-refractivity contribution < 1.29 is 0 Å². The molecule has 0 N–H and O–H groups in total. The normalized spacial score (nSPS) is 14.8. The van der Waals surface area contributed by atoms with E-state index in [2.05, 4.69) is 80.3 Å². The van der Waals surface area contributed by atoms with Crippen LogP contribution in [0.5, 0.6) is 0 Å². The predicted octanol–water partition coefficient (Wildman–Crippen LogP) is 6.28. The van der Waals surface area contributed by atoms with Crippen LogP contribution in [0.1, 0.15) is 43.7 Å². The van der Waals surface area contributed by atoms with Gasteiger partial charge in [0.15, 0.2) is 0 Å². The second-order valence-electron chi connectivity index (χ2n) is 6.13. The fourth-order valence-electron chi connectivity index (χ4n) is 3.75. The number of unbranched alkanes of at least 4 members (excludes halogenated alkanes) is 1. The number of rotatable bonds is 6. The summed E-state index contributed by atoms with van der Waals surface area (Å²) in [7, 11) is 0. The maximum atomic E-state index is 4.04. The van der Waals surface area contributed by atoms with Crippen LogP contribution in [0.2, 0.25) is 0 Å². The van der Waals surface area contributed by atoms with E-state index in [1.807, 2.05) is 0 Å². The largest absolute Gasteiger partial charge is 0.103 e. The van der Waals surface area contributed by atoms with Crippen LogP contribution in [-0.4, -0.2) is 0 Å². The van der Waals surface area contributed by atoms with Gasteiger partial charge >= 0.3 is 0 Å². The van der Waals surface area contributed by atoms with Crippen LogP contribution in [0.4, 0.5) is 0 Å². The molecular weight excluding hydrogens is 264 g/mol. The summed E-state index contributed by atoms with van der Waals surface area (Å²) < 4.78 is 0. The topological polar surface area (TPSA) is 0 Å². The maximum absolute atomic E-state index is 4.04. The number of benzene rings is 2. The molecule has 0 saturated carbocycles. The van der Waals surface area contributed by atoms with Gasteiger partial charge in [0.2, 0.25) is 0 Å². The van der Waals surface area contributed by atoms with Gasteiger partial charge < -0.3 is 0 Å². The van der Waals surface area contributed by atoms with Gasteiger partial charge in [-0.2, -0.15) is 0 Å². The molecule has 1 aliphatic carbocycles. The molecule has 3 rings (SSSR count). The van der Waals surface area contributed by atoms with Crippen LogP contribution in [-0.2, 0) is 5.41 Å². The van der Waals surface area contributed by atoms with Gasteiger partial charge in [-0.1, -0.05) is 80.1 Å². The van der Waals surface area contributed by atoms with Crippen molar-refractivity contribution >= 4 is 0 Å².